The summed E-state index contributed by atoms with van der Waals surface area (Å²) in [5.74, 6) is -1.29. The van der Waals surface area contributed by atoms with E-state index in [-0.39, 0.29) is 17.3 Å². The van der Waals surface area contributed by atoms with Gasteiger partial charge in [-0.3, -0.25) is 9.59 Å². The Morgan fingerprint density at radius 2 is 2.04 bits per heavy atom. The molecule has 0 bridgehead atoms. The number of anilines is 2. The Morgan fingerprint density at radius 3 is 2.71 bits per heavy atom. The van der Waals surface area contributed by atoms with Gasteiger partial charge in [-0.05, 0) is 42.0 Å². The quantitative estimate of drug-likeness (QED) is 0.593. The van der Waals surface area contributed by atoms with Crippen molar-refractivity contribution in [2.24, 2.45) is 0 Å². The molecule has 0 aliphatic rings. The molecule has 0 aliphatic heterocycles. The van der Waals surface area contributed by atoms with Crippen LogP contribution in [0.1, 0.15) is 10.4 Å². The average Bonchev–Trinajstić information content (AvgIpc) is 3.09. The van der Waals surface area contributed by atoms with Gasteiger partial charge in [0.05, 0.1) is 11.3 Å². The first kappa shape index (κ1) is 18.8. The molecule has 3 aromatic rings. The highest BCUT2D eigenvalue weighted by molar-refractivity contribution is 5.99. The second kappa shape index (κ2) is 7.75. The summed E-state index contributed by atoms with van der Waals surface area (Å²) in [6.45, 7) is 3.41. The number of hydrogen-bond donors (Lipinski definition) is 3. The van der Waals surface area contributed by atoms with Crippen LogP contribution in [0.3, 0.4) is 0 Å². The molecule has 1 heterocycles. The van der Waals surface area contributed by atoms with E-state index in [1.807, 2.05) is 0 Å². The molecule has 1 aromatic heterocycles. The summed E-state index contributed by atoms with van der Waals surface area (Å²) in [5, 5.41) is 9.31. The van der Waals surface area contributed by atoms with Crippen molar-refractivity contribution in [3.05, 3.63) is 72.7 Å². The number of amides is 2. The lowest BCUT2D eigenvalue weighted by Crippen LogP contribution is -2.19. The molecule has 0 saturated heterocycles. The normalized spacial score (nSPS) is 10.4. The summed E-state index contributed by atoms with van der Waals surface area (Å²) < 4.78 is 15.8. The van der Waals surface area contributed by atoms with Gasteiger partial charge in [0.2, 0.25) is 5.91 Å². The predicted octanol–water partition coefficient (Wildman–Crippen LogP) is 2.74. The van der Waals surface area contributed by atoms with Crippen LogP contribution in [-0.4, -0.2) is 28.6 Å². The molecule has 0 unspecified atom stereocenters. The molecule has 7 nitrogen and oxygen atoms in total. The molecule has 0 radical (unpaired) electrons. The summed E-state index contributed by atoms with van der Waals surface area (Å²) in [5.41, 5.74) is 8.19. The molecule has 0 aliphatic carbocycles. The lowest BCUT2D eigenvalue weighted by atomic mass is 10.1. The minimum Gasteiger partial charge on any atom is -0.382 e. The Morgan fingerprint density at radius 1 is 1.25 bits per heavy atom. The van der Waals surface area contributed by atoms with E-state index in [4.69, 9.17) is 5.73 Å². The van der Waals surface area contributed by atoms with Crippen LogP contribution in [0, 0.1) is 5.82 Å². The Bertz CT molecular complexity index is 1070. The fourth-order valence-corrected chi connectivity index (χ4v) is 2.66. The van der Waals surface area contributed by atoms with E-state index < -0.39 is 11.7 Å². The fourth-order valence-electron chi connectivity index (χ4n) is 2.66. The van der Waals surface area contributed by atoms with Crippen molar-refractivity contribution in [3.8, 4) is 16.8 Å². The number of nitrogens with two attached hydrogens (primary N) is 1. The van der Waals surface area contributed by atoms with Crippen molar-refractivity contribution in [1.82, 2.24) is 15.1 Å². The molecule has 8 heteroatoms. The molecule has 3 rings (SSSR count). The monoisotopic (exact) mass is 379 g/mol. The number of carbonyl (C=O) groups is 2. The third-order valence-electron chi connectivity index (χ3n) is 4.06. The SMILES string of the molecule is C=CC(=O)Nc1cccc(-n2cc(-c3ccc(C(=O)NC)c(F)c3)c(N)n2)c1. The fraction of sp³-hybridized carbons (Fsp3) is 0.0500. The van der Waals surface area contributed by atoms with E-state index in [1.165, 1.54) is 29.9 Å². The minimum absolute atomic E-state index is 0.0529. The number of aromatic nitrogens is 2. The third kappa shape index (κ3) is 3.75. The van der Waals surface area contributed by atoms with Gasteiger partial charge in [0.1, 0.15) is 5.82 Å². The zero-order chi connectivity index (χ0) is 20.3. The van der Waals surface area contributed by atoms with Gasteiger partial charge in [-0.25, -0.2) is 9.07 Å². The van der Waals surface area contributed by atoms with Crippen LogP contribution >= 0.6 is 0 Å². The molecular formula is C20H18FN5O2. The number of benzene rings is 2. The van der Waals surface area contributed by atoms with Gasteiger partial charge in [-0.15, -0.1) is 0 Å². The number of nitrogens with zero attached hydrogens (tertiary/aromatic N) is 2. The Labute approximate surface area is 160 Å². The topological polar surface area (TPSA) is 102 Å². The van der Waals surface area contributed by atoms with Crippen molar-refractivity contribution in [2.45, 2.75) is 0 Å². The molecule has 4 N–H and O–H groups in total. The first-order chi connectivity index (χ1) is 13.4. The van der Waals surface area contributed by atoms with Gasteiger partial charge in [-0.2, -0.15) is 5.10 Å². The summed E-state index contributed by atoms with van der Waals surface area (Å²) in [6.07, 6.45) is 2.83. The number of hydrogen-bond acceptors (Lipinski definition) is 4. The molecule has 142 valence electrons. The predicted molar refractivity (Wildman–Crippen MR) is 106 cm³/mol. The van der Waals surface area contributed by atoms with Gasteiger partial charge < -0.3 is 16.4 Å². The van der Waals surface area contributed by atoms with Crippen LogP contribution in [0.25, 0.3) is 16.8 Å². The molecule has 0 saturated carbocycles. The second-order valence-electron chi connectivity index (χ2n) is 5.89. The van der Waals surface area contributed by atoms with E-state index in [0.717, 1.165) is 0 Å². The van der Waals surface area contributed by atoms with Crippen molar-refractivity contribution in [3.63, 3.8) is 0 Å². The minimum atomic E-state index is -0.655. The van der Waals surface area contributed by atoms with E-state index in [2.05, 4.69) is 22.3 Å². The maximum absolute atomic E-state index is 14.3. The van der Waals surface area contributed by atoms with Crippen molar-refractivity contribution < 1.29 is 14.0 Å². The molecular weight excluding hydrogens is 361 g/mol. The molecule has 0 atom stereocenters. The first-order valence-corrected chi connectivity index (χ1v) is 8.34. The first-order valence-electron chi connectivity index (χ1n) is 8.34. The Hall–Kier alpha value is -3.94. The standard InChI is InChI=1S/C20H18FN5O2/c1-3-18(27)24-13-5-4-6-14(10-13)26-11-16(19(22)25-26)12-7-8-15(17(21)9-12)20(28)23-2/h3-11H,1H2,2H3,(H2,22,25)(H,23,28)(H,24,27). The smallest absolute Gasteiger partial charge is 0.253 e. The molecule has 0 fully saturated rings. The number of nitrogen functional groups attached to an aromatic ring is 1. The van der Waals surface area contributed by atoms with Gasteiger partial charge in [0.15, 0.2) is 5.82 Å². The Balaban J connectivity index is 1.95. The van der Waals surface area contributed by atoms with Crippen LogP contribution in [0.15, 0.2) is 61.3 Å². The van der Waals surface area contributed by atoms with Gasteiger partial charge >= 0.3 is 0 Å². The maximum Gasteiger partial charge on any atom is 0.253 e. The van der Waals surface area contributed by atoms with Crippen LogP contribution in [0.4, 0.5) is 15.9 Å². The highest BCUT2D eigenvalue weighted by atomic mass is 19.1. The number of carbonyl (C=O) groups excluding carboxylic acids is 2. The van der Waals surface area contributed by atoms with Crippen LogP contribution in [-0.2, 0) is 4.79 Å². The third-order valence-corrected chi connectivity index (χ3v) is 4.06. The van der Waals surface area contributed by atoms with Crippen molar-refractivity contribution in [2.75, 3.05) is 18.1 Å². The summed E-state index contributed by atoms with van der Waals surface area (Å²) >= 11 is 0. The number of nitrogens with one attached hydrogen (secondary N) is 2. The van der Waals surface area contributed by atoms with Gasteiger partial charge in [-0.1, -0.05) is 18.7 Å². The number of rotatable bonds is 5. The zero-order valence-electron chi connectivity index (χ0n) is 15.1. The average molecular weight is 379 g/mol. The van der Waals surface area contributed by atoms with E-state index in [1.54, 1.807) is 36.5 Å². The highest BCUT2D eigenvalue weighted by Gasteiger charge is 2.15. The van der Waals surface area contributed by atoms with Crippen LogP contribution < -0.4 is 16.4 Å². The van der Waals surface area contributed by atoms with Crippen molar-refractivity contribution in [1.29, 1.82) is 0 Å². The number of halogens is 1. The lowest BCUT2D eigenvalue weighted by molar-refractivity contribution is -0.111. The molecule has 2 amide bonds. The summed E-state index contributed by atoms with van der Waals surface area (Å²) in [7, 11) is 1.43. The zero-order valence-corrected chi connectivity index (χ0v) is 15.1. The van der Waals surface area contributed by atoms with Crippen molar-refractivity contribution >= 4 is 23.3 Å². The summed E-state index contributed by atoms with van der Waals surface area (Å²) in [6, 6.07) is 11.2. The van der Waals surface area contributed by atoms with Gasteiger partial charge in [0, 0.05) is 24.5 Å². The molecule has 0 spiro atoms. The largest absolute Gasteiger partial charge is 0.382 e. The van der Waals surface area contributed by atoms with Crippen LogP contribution in [0.5, 0.6) is 0 Å². The van der Waals surface area contributed by atoms with Crippen LogP contribution in [0.2, 0.25) is 0 Å². The second-order valence-corrected chi connectivity index (χ2v) is 5.89. The Kier molecular flexibility index (Phi) is 5.21. The molecule has 28 heavy (non-hydrogen) atoms. The van der Waals surface area contributed by atoms with E-state index in [9.17, 15) is 14.0 Å². The maximum atomic E-state index is 14.3. The van der Waals surface area contributed by atoms with Gasteiger partial charge in [0.25, 0.3) is 5.91 Å². The summed E-state index contributed by atoms with van der Waals surface area (Å²) in [4.78, 5) is 23.1. The highest BCUT2D eigenvalue weighted by Crippen LogP contribution is 2.28. The lowest BCUT2D eigenvalue weighted by Gasteiger charge is -2.06. The molecule has 2 aromatic carbocycles. The van der Waals surface area contributed by atoms with E-state index in [0.29, 0.717) is 22.5 Å². The van der Waals surface area contributed by atoms with E-state index >= 15 is 0 Å².